The molecule has 0 saturated carbocycles. The van der Waals surface area contributed by atoms with Gasteiger partial charge in [-0.05, 0) is 49.2 Å². The van der Waals surface area contributed by atoms with Crippen molar-refractivity contribution in [3.63, 3.8) is 0 Å². The Balaban J connectivity index is 2.65. The van der Waals surface area contributed by atoms with Crippen LogP contribution in [0.25, 0.3) is 5.57 Å². The van der Waals surface area contributed by atoms with E-state index in [0.29, 0.717) is 11.1 Å². The van der Waals surface area contributed by atoms with Crippen molar-refractivity contribution in [2.45, 2.75) is 33.2 Å². The molecule has 0 aliphatic heterocycles. The van der Waals surface area contributed by atoms with Crippen molar-refractivity contribution in [3.05, 3.63) is 40.7 Å². The van der Waals surface area contributed by atoms with Crippen LogP contribution in [0.1, 0.15) is 32.8 Å². The average molecular weight is 256 g/mol. The zero-order chi connectivity index (χ0) is 12.8. The van der Waals surface area contributed by atoms with Crippen molar-refractivity contribution in [1.29, 1.82) is 0 Å². The fraction of sp³-hybridized carbons (Fsp3) is 0.429. The minimum absolute atomic E-state index is 0.252. The molecule has 3 heteroatoms. The summed E-state index contributed by atoms with van der Waals surface area (Å²) in [4.78, 5) is 0. The van der Waals surface area contributed by atoms with E-state index in [4.69, 9.17) is 11.6 Å². The summed E-state index contributed by atoms with van der Waals surface area (Å²) in [5, 5.41) is 3.92. The van der Waals surface area contributed by atoms with Crippen LogP contribution in [-0.2, 0) is 0 Å². The van der Waals surface area contributed by atoms with Crippen molar-refractivity contribution in [1.82, 2.24) is 5.32 Å². The molecule has 94 valence electrons. The lowest BCUT2D eigenvalue weighted by molar-refractivity contribution is 0.595. The van der Waals surface area contributed by atoms with Gasteiger partial charge in [-0.15, -0.1) is 0 Å². The maximum atomic E-state index is 13.1. The van der Waals surface area contributed by atoms with Crippen molar-refractivity contribution >= 4 is 17.2 Å². The number of hydrogen-bond acceptors (Lipinski definition) is 1. The van der Waals surface area contributed by atoms with E-state index in [1.165, 1.54) is 12.1 Å². The van der Waals surface area contributed by atoms with Crippen LogP contribution in [0.4, 0.5) is 4.39 Å². The first kappa shape index (κ1) is 14.2. The summed E-state index contributed by atoms with van der Waals surface area (Å²) in [7, 11) is 0. The lowest BCUT2D eigenvalue weighted by Gasteiger charge is -2.07. The highest BCUT2D eigenvalue weighted by Crippen LogP contribution is 2.24. The van der Waals surface area contributed by atoms with Gasteiger partial charge >= 0.3 is 0 Å². The standard InChI is InChI=1S/C14H19ClFN/c1-10(2)17-8-4-5-11(3)13-9-12(16)6-7-14(13)15/h5-7,9-10,17H,4,8H2,1-3H3/b11-5-. The molecule has 1 N–H and O–H groups in total. The van der Waals surface area contributed by atoms with Gasteiger partial charge in [-0.2, -0.15) is 0 Å². The van der Waals surface area contributed by atoms with E-state index in [1.54, 1.807) is 6.07 Å². The van der Waals surface area contributed by atoms with Gasteiger partial charge in [0, 0.05) is 11.1 Å². The Morgan fingerprint density at radius 2 is 2.18 bits per heavy atom. The van der Waals surface area contributed by atoms with E-state index in [0.717, 1.165) is 24.1 Å². The zero-order valence-electron chi connectivity index (χ0n) is 10.6. The van der Waals surface area contributed by atoms with Crippen LogP contribution in [0.2, 0.25) is 5.02 Å². The zero-order valence-corrected chi connectivity index (χ0v) is 11.3. The maximum Gasteiger partial charge on any atom is 0.123 e. The molecule has 0 aliphatic carbocycles. The first-order valence-corrected chi connectivity index (χ1v) is 6.24. The molecule has 1 nitrogen and oxygen atoms in total. The van der Waals surface area contributed by atoms with Gasteiger partial charge in [-0.3, -0.25) is 0 Å². The highest BCUT2D eigenvalue weighted by molar-refractivity contribution is 6.32. The summed E-state index contributed by atoms with van der Waals surface area (Å²) >= 11 is 6.03. The minimum atomic E-state index is -0.252. The van der Waals surface area contributed by atoms with Gasteiger partial charge in [0.25, 0.3) is 0 Å². The molecule has 0 spiro atoms. The molecule has 17 heavy (non-hydrogen) atoms. The first-order valence-electron chi connectivity index (χ1n) is 5.86. The molecule has 1 rings (SSSR count). The Hall–Kier alpha value is -0.860. The highest BCUT2D eigenvalue weighted by atomic mass is 35.5. The Morgan fingerprint density at radius 3 is 2.82 bits per heavy atom. The monoisotopic (exact) mass is 255 g/mol. The Bertz CT molecular complexity index is 399. The molecule has 0 heterocycles. The van der Waals surface area contributed by atoms with E-state index in [2.05, 4.69) is 25.2 Å². The molecular weight excluding hydrogens is 237 g/mol. The van der Waals surface area contributed by atoms with Crippen molar-refractivity contribution in [3.8, 4) is 0 Å². The van der Waals surface area contributed by atoms with Crippen LogP contribution >= 0.6 is 11.6 Å². The van der Waals surface area contributed by atoms with Gasteiger partial charge in [0.2, 0.25) is 0 Å². The van der Waals surface area contributed by atoms with Crippen LogP contribution in [-0.4, -0.2) is 12.6 Å². The van der Waals surface area contributed by atoms with Crippen molar-refractivity contribution < 1.29 is 4.39 Å². The second-order valence-corrected chi connectivity index (χ2v) is 4.82. The van der Waals surface area contributed by atoms with Crippen LogP contribution in [0.3, 0.4) is 0 Å². The van der Waals surface area contributed by atoms with Crippen LogP contribution in [0, 0.1) is 5.82 Å². The maximum absolute atomic E-state index is 13.1. The van der Waals surface area contributed by atoms with Gasteiger partial charge in [-0.1, -0.05) is 31.5 Å². The molecule has 0 atom stereocenters. The summed E-state index contributed by atoms with van der Waals surface area (Å²) in [6.07, 6.45) is 2.99. The molecule has 0 bridgehead atoms. The van der Waals surface area contributed by atoms with Crippen LogP contribution in [0.15, 0.2) is 24.3 Å². The largest absolute Gasteiger partial charge is 0.314 e. The molecule has 0 unspecified atom stereocenters. The molecule has 0 fully saturated rings. The number of nitrogens with one attached hydrogen (secondary N) is 1. The predicted molar refractivity (Wildman–Crippen MR) is 72.8 cm³/mol. The van der Waals surface area contributed by atoms with Crippen LogP contribution in [0.5, 0.6) is 0 Å². The Morgan fingerprint density at radius 1 is 1.47 bits per heavy atom. The van der Waals surface area contributed by atoms with E-state index in [-0.39, 0.29) is 5.82 Å². The number of rotatable bonds is 5. The lowest BCUT2D eigenvalue weighted by Crippen LogP contribution is -2.23. The minimum Gasteiger partial charge on any atom is -0.314 e. The second kappa shape index (κ2) is 6.77. The number of benzene rings is 1. The van der Waals surface area contributed by atoms with Crippen molar-refractivity contribution in [2.24, 2.45) is 0 Å². The Labute approximate surface area is 108 Å². The van der Waals surface area contributed by atoms with Crippen LogP contribution < -0.4 is 5.32 Å². The van der Waals surface area contributed by atoms with E-state index >= 15 is 0 Å². The summed E-state index contributed by atoms with van der Waals surface area (Å²) < 4.78 is 13.1. The molecule has 1 aromatic rings. The smallest absolute Gasteiger partial charge is 0.123 e. The summed E-state index contributed by atoms with van der Waals surface area (Å²) in [5.41, 5.74) is 1.79. The van der Waals surface area contributed by atoms with Gasteiger partial charge < -0.3 is 5.32 Å². The fourth-order valence-electron chi connectivity index (χ4n) is 1.57. The molecule has 0 radical (unpaired) electrons. The van der Waals surface area contributed by atoms with Gasteiger partial charge in [0.1, 0.15) is 5.82 Å². The fourth-order valence-corrected chi connectivity index (χ4v) is 1.84. The third-order valence-electron chi connectivity index (χ3n) is 2.50. The SMILES string of the molecule is C/C(=C/CCNC(C)C)c1cc(F)ccc1Cl. The summed E-state index contributed by atoms with van der Waals surface area (Å²) in [6.45, 7) is 7.10. The lowest BCUT2D eigenvalue weighted by atomic mass is 10.1. The molecule has 0 aromatic heterocycles. The quantitative estimate of drug-likeness (QED) is 0.775. The number of allylic oxidation sites excluding steroid dienone is 1. The molecular formula is C14H19ClFN. The molecule has 0 amide bonds. The van der Waals surface area contributed by atoms with Crippen molar-refractivity contribution in [2.75, 3.05) is 6.54 Å². The van der Waals surface area contributed by atoms with E-state index < -0.39 is 0 Å². The summed E-state index contributed by atoms with van der Waals surface area (Å²) in [5.74, 6) is -0.252. The molecule has 0 aliphatic rings. The average Bonchev–Trinajstić information content (AvgIpc) is 2.27. The second-order valence-electron chi connectivity index (χ2n) is 4.41. The number of halogens is 2. The Kier molecular flexibility index (Phi) is 5.66. The highest BCUT2D eigenvalue weighted by Gasteiger charge is 2.03. The van der Waals surface area contributed by atoms with E-state index in [1.807, 2.05) is 6.92 Å². The topological polar surface area (TPSA) is 12.0 Å². The van der Waals surface area contributed by atoms with Gasteiger partial charge in [-0.25, -0.2) is 4.39 Å². The third-order valence-corrected chi connectivity index (χ3v) is 2.83. The molecule has 0 saturated heterocycles. The molecule has 1 aromatic carbocycles. The van der Waals surface area contributed by atoms with Gasteiger partial charge in [0.15, 0.2) is 0 Å². The van der Waals surface area contributed by atoms with E-state index in [9.17, 15) is 4.39 Å². The number of hydrogen-bond donors (Lipinski definition) is 1. The third kappa shape index (κ3) is 4.88. The normalized spacial score (nSPS) is 12.2. The summed E-state index contributed by atoms with van der Waals surface area (Å²) in [6, 6.07) is 4.93. The predicted octanol–water partition coefficient (Wildman–Crippen LogP) is 4.27. The van der Waals surface area contributed by atoms with Gasteiger partial charge in [0.05, 0.1) is 0 Å². The first-order chi connectivity index (χ1) is 8.00.